The van der Waals surface area contributed by atoms with Crippen molar-refractivity contribution >= 4 is 28.4 Å². The first kappa shape index (κ1) is 22.7. The molecule has 0 radical (unpaired) electrons. The lowest BCUT2D eigenvalue weighted by molar-refractivity contribution is -0.121. The number of aromatic hydroxyl groups is 1. The Morgan fingerprint density at radius 1 is 1.00 bits per heavy atom. The molecule has 3 N–H and O–H groups in total. The summed E-state index contributed by atoms with van der Waals surface area (Å²) >= 11 is 6.11. The van der Waals surface area contributed by atoms with Crippen molar-refractivity contribution in [2.75, 3.05) is 0 Å². The van der Waals surface area contributed by atoms with Gasteiger partial charge in [-0.3, -0.25) is 9.78 Å². The highest BCUT2D eigenvalue weighted by molar-refractivity contribution is 6.30. The number of halogens is 1. The van der Waals surface area contributed by atoms with Crippen LogP contribution in [0.4, 0.5) is 0 Å². The number of nitrogens with zero attached hydrogens (tertiary/aromatic N) is 1. The van der Waals surface area contributed by atoms with Crippen LogP contribution in [-0.4, -0.2) is 21.0 Å². The number of carbonyl (C=O) groups excluding carboxylic acids is 1. The number of pyridine rings is 1. The van der Waals surface area contributed by atoms with Crippen molar-refractivity contribution in [1.82, 2.24) is 15.3 Å². The van der Waals surface area contributed by atoms with Crippen molar-refractivity contribution in [3.05, 3.63) is 119 Å². The minimum Gasteiger partial charge on any atom is -0.508 e. The van der Waals surface area contributed by atoms with E-state index in [9.17, 15) is 9.90 Å². The van der Waals surface area contributed by atoms with E-state index in [2.05, 4.69) is 10.3 Å². The van der Waals surface area contributed by atoms with Crippen LogP contribution < -0.4 is 5.32 Å². The van der Waals surface area contributed by atoms with E-state index in [1.54, 1.807) is 24.4 Å². The fraction of sp³-hybridized carbons (Fsp3) is 0.103. The molecule has 5 aromatic rings. The van der Waals surface area contributed by atoms with Gasteiger partial charge in [0.25, 0.3) is 0 Å². The van der Waals surface area contributed by atoms with E-state index in [1.165, 1.54) is 0 Å². The Morgan fingerprint density at radius 3 is 2.60 bits per heavy atom. The van der Waals surface area contributed by atoms with Crippen molar-refractivity contribution in [3.63, 3.8) is 0 Å². The summed E-state index contributed by atoms with van der Waals surface area (Å²) in [5.41, 5.74) is 5.53. The Balaban J connectivity index is 1.47. The lowest BCUT2D eigenvalue weighted by Crippen LogP contribution is -2.32. The van der Waals surface area contributed by atoms with Crippen LogP contribution >= 0.6 is 11.6 Å². The molecule has 5 rings (SSSR count). The first-order chi connectivity index (χ1) is 17.1. The third-order valence-electron chi connectivity index (χ3n) is 6.04. The maximum atomic E-state index is 13.3. The topological polar surface area (TPSA) is 78.0 Å². The van der Waals surface area contributed by atoms with Gasteiger partial charge in [0.2, 0.25) is 5.91 Å². The zero-order valence-corrected chi connectivity index (χ0v) is 19.7. The molecule has 174 valence electrons. The molecule has 0 spiro atoms. The van der Waals surface area contributed by atoms with Crippen molar-refractivity contribution in [2.24, 2.45) is 0 Å². The van der Waals surface area contributed by atoms with E-state index in [-0.39, 0.29) is 24.1 Å². The molecule has 5 nitrogen and oxygen atoms in total. The third kappa shape index (κ3) is 5.20. The van der Waals surface area contributed by atoms with Gasteiger partial charge >= 0.3 is 0 Å². The van der Waals surface area contributed by atoms with E-state index in [0.717, 1.165) is 38.9 Å². The molecule has 1 amide bonds. The van der Waals surface area contributed by atoms with E-state index in [1.807, 2.05) is 72.9 Å². The first-order valence-electron chi connectivity index (χ1n) is 11.4. The van der Waals surface area contributed by atoms with Gasteiger partial charge in [0.1, 0.15) is 5.75 Å². The molecule has 0 bridgehead atoms. The van der Waals surface area contributed by atoms with Gasteiger partial charge in [-0.1, -0.05) is 60.1 Å². The molecular formula is C29H24ClN3O2. The SMILES string of the molecule is O=C(Cc1c[nH]c2ccc(O)cc12)NC(Cc1ccccc1)c1ncccc1-c1ccc(Cl)cc1. The number of H-pyrrole nitrogens is 1. The minimum absolute atomic E-state index is 0.122. The summed E-state index contributed by atoms with van der Waals surface area (Å²) < 4.78 is 0. The number of hydrogen-bond donors (Lipinski definition) is 3. The minimum atomic E-state index is -0.338. The molecule has 1 atom stereocenters. The average Bonchev–Trinajstić information content (AvgIpc) is 3.26. The number of carbonyl (C=O) groups is 1. The fourth-order valence-electron chi connectivity index (χ4n) is 4.37. The summed E-state index contributed by atoms with van der Waals surface area (Å²) in [5.74, 6) is 0.0460. The Kier molecular flexibility index (Phi) is 6.51. The smallest absolute Gasteiger partial charge is 0.225 e. The predicted molar refractivity (Wildman–Crippen MR) is 139 cm³/mol. The van der Waals surface area contributed by atoms with Crippen LogP contribution in [0.3, 0.4) is 0 Å². The summed E-state index contributed by atoms with van der Waals surface area (Å²) in [4.78, 5) is 21.1. The monoisotopic (exact) mass is 481 g/mol. The maximum Gasteiger partial charge on any atom is 0.225 e. The van der Waals surface area contributed by atoms with Crippen molar-refractivity contribution in [2.45, 2.75) is 18.9 Å². The number of benzene rings is 3. The van der Waals surface area contributed by atoms with Crippen LogP contribution in [0.1, 0.15) is 22.9 Å². The zero-order chi connectivity index (χ0) is 24.2. The Hall–Kier alpha value is -4.09. The van der Waals surface area contributed by atoms with E-state index in [0.29, 0.717) is 11.4 Å². The number of hydrogen-bond acceptors (Lipinski definition) is 3. The summed E-state index contributed by atoms with van der Waals surface area (Å²) in [6, 6.07) is 26.3. The van der Waals surface area contributed by atoms with Crippen LogP contribution in [0, 0.1) is 0 Å². The van der Waals surface area contributed by atoms with Gasteiger partial charge in [-0.05, 0) is 59.5 Å². The Morgan fingerprint density at radius 2 is 1.80 bits per heavy atom. The summed E-state index contributed by atoms with van der Waals surface area (Å²) in [5, 5.41) is 14.6. The summed E-state index contributed by atoms with van der Waals surface area (Å²) in [6.07, 6.45) is 4.34. The number of fused-ring (bicyclic) bond motifs is 1. The number of amides is 1. The second-order valence-electron chi connectivity index (χ2n) is 8.47. The molecule has 0 fully saturated rings. The molecule has 3 aromatic carbocycles. The molecule has 35 heavy (non-hydrogen) atoms. The van der Waals surface area contributed by atoms with Crippen molar-refractivity contribution in [1.29, 1.82) is 0 Å². The molecule has 2 aromatic heterocycles. The standard InChI is InChI=1S/C29H24ClN3O2/c30-22-10-8-20(9-11-22)24-7-4-14-31-29(24)27(15-19-5-2-1-3-6-19)33-28(35)16-21-18-32-26-13-12-23(34)17-25(21)26/h1-14,17-18,27,32,34H,15-16H2,(H,33,35). The zero-order valence-electron chi connectivity index (χ0n) is 18.9. The first-order valence-corrected chi connectivity index (χ1v) is 11.8. The predicted octanol–water partition coefficient (Wildman–Crippen LogP) is 6.23. The highest BCUT2D eigenvalue weighted by Crippen LogP contribution is 2.30. The Labute approximate surface area is 208 Å². The number of phenols is 1. The fourth-order valence-corrected chi connectivity index (χ4v) is 4.49. The van der Waals surface area contributed by atoms with E-state index < -0.39 is 0 Å². The van der Waals surface area contributed by atoms with Gasteiger partial charge in [-0.15, -0.1) is 0 Å². The number of phenolic OH excluding ortho intramolecular Hbond substituents is 1. The van der Waals surface area contributed by atoms with Crippen molar-refractivity contribution in [3.8, 4) is 16.9 Å². The van der Waals surface area contributed by atoms with Crippen LogP contribution in [0.25, 0.3) is 22.0 Å². The maximum absolute atomic E-state index is 13.3. The van der Waals surface area contributed by atoms with Gasteiger partial charge in [-0.25, -0.2) is 0 Å². The lowest BCUT2D eigenvalue weighted by Gasteiger charge is -2.21. The molecule has 0 aliphatic rings. The van der Waals surface area contributed by atoms with Gasteiger partial charge in [-0.2, -0.15) is 0 Å². The van der Waals surface area contributed by atoms with E-state index in [4.69, 9.17) is 16.6 Å². The quantitative estimate of drug-likeness (QED) is 0.258. The van der Waals surface area contributed by atoms with Gasteiger partial charge in [0.05, 0.1) is 18.2 Å². The number of aromatic nitrogens is 2. The lowest BCUT2D eigenvalue weighted by atomic mass is 9.95. The molecule has 6 heteroatoms. The summed E-state index contributed by atoms with van der Waals surface area (Å²) in [7, 11) is 0. The molecule has 0 saturated carbocycles. The number of aromatic amines is 1. The van der Waals surface area contributed by atoms with Crippen molar-refractivity contribution < 1.29 is 9.90 Å². The third-order valence-corrected chi connectivity index (χ3v) is 6.30. The normalized spacial score (nSPS) is 11.9. The van der Waals surface area contributed by atoms with Crippen LogP contribution in [0.15, 0.2) is 97.3 Å². The molecule has 1 unspecified atom stereocenters. The molecule has 0 aliphatic carbocycles. The largest absolute Gasteiger partial charge is 0.508 e. The molecule has 0 saturated heterocycles. The molecule has 2 heterocycles. The van der Waals surface area contributed by atoms with Gasteiger partial charge in [0.15, 0.2) is 0 Å². The number of nitrogens with one attached hydrogen (secondary N) is 2. The molecular weight excluding hydrogens is 458 g/mol. The van der Waals surface area contributed by atoms with Gasteiger partial charge in [0, 0.05) is 33.9 Å². The van der Waals surface area contributed by atoms with Gasteiger partial charge < -0.3 is 15.4 Å². The highest BCUT2D eigenvalue weighted by atomic mass is 35.5. The second-order valence-corrected chi connectivity index (χ2v) is 8.91. The van der Waals surface area contributed by atoms with Crippen LogP contribution in [-0.2, 0) is 17.6 Å². The Bertz CT molecular complexity index is 1460. The van der Waals surface area contributed by atoms with E-state index >= 15 is 0 Å². The van der Waals surface area contributed by atoms with Crippen LogP contribution in [0.5, 0.6) is 5.75 Å². The second kappa shape index (κ2) is 10.0. The average molecular weight is 482 g/mol. The number of rotatable bonds is 7. The highest BCUT2D eigenvalue weighted by Gasteiger charge is 2.21. The molecule has 0 aliphatic heterocycles. The summed E-state index contributed by atoms with van der Waals surface area (Å²) in [6.45, 7) is 0. The van der Waals surface area contributed by atoms with Crippen LogP contribution in [0.2, 0.25) is 5.02 Å².